The van der Waals surface area contributed by atoms with Crippen LogP contribution in [0, 0.1) is 0 Å². The minimum atomic E-state index is -3.57. The third-order valence-corrected chi connectivity index (χ3v) is 8.72. The number of morpholine rings is 1. The Kier molecular flexibility index (Phi) is 7.50. The number of hydrogen-bond donors (Lipinski definition) is 0. The Bertz CT molecular complexity index is 1230. The number of sulfonamides is 1. The van der Waals surface area contributed by atoms with Gasteiger partial charge in [0.05, 0.1) is 41.8 Å². The van der Waals surface area contributed by atoms with E-state index < -0.39 is 10.0 Å². The lowest BCUT2D eigenvalue weighted by Crippen LogP contribution is -2.40. The van der Waals surface area contributed by atoms with E-state index in [0.29, 0.717) is 43.3 Å². The van der Waals surface area contributed by atoms with E-state index in [1.165, 1.54) is 9.87 Å². The largest absolute Gasteiger partial charge is 0.379 e. The highest BCUT2D eigenvalue weighted by atomic mass is 32.2. The van der Waals surface area contributed by atoms with Crippen molar-refractivity contribution in [2.24, 2.45) is 0 Å². The summed E-state index contributed by atoms with van der Waals surface area (Å²) in [6.07, 6.45) is 2.43. The van der Waals surface area contributed by atoms with E-state index in [2.05, 4.69) is 40.7 Å². The maximum Gasteiger partial charge on any atom is 0.243 e. The third-order valence-electron chi connectivity index (χ3n) is 6.82. The predicted octanol–water partition coefficient (Wildman–Crippen LogP) is 3.26. The van der Waals surface area contributed by atoms with Gasteiger partial charge in [-0.3, -0.25) is 4.90 Å². The predicted molar refractivity (Wildman–Crippen MR) is 135 cm³/mol. The average molecular weight is 499 g/mol. The van der Waals surface area contributed by atoms with E-state index in [1.807, 2.05) is 12.1 Å². The lowest BCUT2D eigenvalue weighted by molar-refractivity contribution is 0.0667. The molecule has 2 fully saturated rings. The molecule has 1 aromatic heterocycles. The van der Waals surface area contributed by atoms with E-state index in [-0.39, 0.29) is 6.10 Å². The fourth-order valence-electron chi connectivity index (χ4n) is 5.03. The highest BCUT2D eigenvalue weighted by Crippen LogP contribution is 2.25. The molecular formula is C26H34N4O4S. The third kappa shape index (κ3) is 5.44. The van der Waals surface area contributed by atoms with Gasteiger partial charge in [-0.2, -0.15) is 4.31 Å². The Morgan fingerprint density at radius 2 is 1.86 bits per heavy atom. The molecule has 3 aromatic rings. The van der Waals surface area contributed by atoms with Crippen LogP contribution in [0.15, 0.2) is 53.4 Å². The van der Waals surface area contributed by atoms with Crippen LogP contribution < -0.4 is 0 Å². The van der Waals surface area contributed by atoms with Gasteiger partial charge in [-0.05, 0) is 43.5 Å². The lowest BCUT2D eigenvalue weighted by atomic mass is 10.2. The summed E-state index contributed by atoms with van der Waals surface area (Å²) < 4.78 is 41.3. The first-order valence-electron chi connectivity index (χ1n) is 12.5. The van der Waals surface area contributed by atoms with Gasteiger partial charge in [-0.15, -0.1) is 0 Å². The van der Waals surface area contributed by atoms with Gasteiger partial charge in [-0.1, -0.05) is 30.3 Å². The van der Waals surface area contributed by atoms with Crippen molar-refractivity contribution >= 4 is 21.1 Å². The van der Waals surface area contributed by atoms with Gasteiger partial charge in [-0.25, -0.2) is 13.4 Å². The monoisotopic (exact) mass is 498 g/mol. The van der Waals surface area contributed by atoms with Gasteiger partial charge >= 0.3 is 0 Å². The van der Waals surface area contributed by atoms with Crippen LogP contribution in [-0.4, -0.2) is 72.7 Å². The van der Waals surface area contributed by atoms with Crippen molar-refractivity contribution in [3.8, 4) is 0 Å². The summed E-state index contributed by atoms with van der Waals surface area (Å²) in [5.74, 6) is 0.942. The molecule has 0 radical (unpaired) electrons. The van der Waals surface area contributed by atoms with Gasteiger partial charge in [0.1, 0.15) is 5.82 Å². The first-order valence-corrected chi connectivity index (χ1v) is 13.9. The smallest absolute Gasteiger partial charge is 0.243 e. The molecule has 188 valence electrons. The molecule has 1 atom stereocenters. The van der Waals surface area contributed by atoms with E-state index >= 15 is 0 Å². The van der Waals surface area contributed by atoms with Gasteiger partial charge in [0.25, 0.3) is 0 Å². The molecule has 5 rings (SSSR count). The fraction of sp³-hybridized carbons (Fsp3) is 0.500. The van der Waals surface area contributed by atoms with Gasteiger partial charge < -0.3 is 14.0 Å². The van der Waals surface area contributed by atoms with Crippen LogP contribution in [-0.2, 0) is 39.1 Å². The summed E-state index contributed by atoms with van der Waals surface area (Å²) in [5.41, 5.74) is 2.93. The molecule has 3 heterocycles. The number of aryl methyl sites for hydroxylation is 1. The van der Waals surface area contributed by atoms with Crippen molar-refractivity contribution in [1.82, 2.24) is 18.8 Å². The summed E-state index contributed by atoms with van der Waals surface area (Å²) >= 11 is 0. The van der Waals surface area contributed by atoms with Gasteiger partial charge in [0.2, 0.25) is 10.0 Å². The summed E-state index contributed by atoms with van der Waals surface area (Å²) in [6, 6.07) is 15.8. The summed E-state index contributed by atoms with van der Waals surface area (Å²) in [5, 5.41) is 0. The van der Waals surface area contributed by atoms with Crippen molar-refractivity contribution < 1.29 is 17.9 Å². The molecule has 1 unspecified atom stereocenters. The Balaban J connectivity index is 1.43. The fourth-order valence-corrected chi connectivity index (χ4v) is 6.46. The number of benzene rings is 2. The molecule has 0 saturated carbocycles. The van der Waals surface area contributed by atoms with E-state index in [1.54, 1.807) is 12.1 Å². The number of fused-ring (bicyclic) bond motifs is 1. The molecule has 8 nitrogen and oxygen atoms in total. The van der Waals surface area contributed by atoms with Crippen LogP contribution >= 0.6 is 0 Å². The lowest BCUT2D eigenvalue weighted by Gasteiger charge is -2.26. The van der Waals surface area contributed by atoms with Crippen molar-refractivity contribution in [2.45, 2.75) is 50.4 Å². The van der Waals surface area contributed by atoms with Gasteiger partial charge in [0.15, 0.2) is 0 Å². The average Bonchev–Trinajstić information content (AvgIpc) is 3.51. The summed E-state index contributed by atoms with van der Waals surface area (Å²) in [7, 11) is -3.57. The molecule has 0 N–H and O–H groups in total. The van der Waals surface area contributed by atoms with Gasteiger partial charge in [0, 0.05) is 39.3 Å². The SMILES string of the molecule is CCn1c(CN(Cc2ccccc2)CC2CCCO2)nc2cc(S(=O)(=O)N3CCOCC3)ccc21. The zero-order chi connectivity index (χ0) is 24.3. The normalized spacial score (nSPS) is 19.7. The van der Waals surface area contributed by atoms with Crippen LogP contribution in [0.4, 0.5) is 0 Å². The molecule has 0 amide bonds. The maximum absolute atomic E-state index is 13.2. The summed E-state index contributed by atoms with van der Waals surface area (Å²) in [6.45, 7) is 7.64. The van der Waals surface area contributed by atoms with Crippen molar-refractivity contribution in [2.75, 3.05) is 39.5 Å². The first-order chi connectivity index (χ1) is 17.0. The van der Waals surface area contributed by atoms with Crippen LogP contribution in [0.3, 0.4) is 0 Å². The second-order valence-corrected chi connectivity index (χ2v) is 11.2. The Morgan fingerprint density at radius 3 is 2.57 bits per heavy atom. The molecule has 0 aliphatic carbocycles. The highest BCUT2D eigenvalue weighted by Gasteiger charge is 2.27. The minimum Gasteiger partial charge on any atom is -0.379 e. The molecular weight excluding hydrogens is 464 g/mol. The zero-order valence-electron chi connectivity index (χ0n) is 20.3. The van der Waals surface area contributed by atoms with E-state index in [4.69, 9.17) is 14.5 Å². The first kappa shape index (κ1) is 24.4. The number of aromatic nitrogens is 2. The number of ether oxygens (including phenoxy) is 2. The second-order valence-electron chi connectivity index (χ2n) is 9.23. The number of nitrogens with zero attached hydrogens (tertiary/aromatic N) is 4. The molecule has 0 spiro atoms. The molecule has 0 bridgehead atoms. The quantitative estimate of drug-likeness (QED) is 0.451. The standard InChI is InChI=1S/C26H34N4O4S/c1-2-30-25-11-10-23(35(31,32)29-12-15-33-16-13-29)17-24(25)27-26(30)20-28(19-22-9-6-14-34-22)18-21-7-4-3-5-8-21/h3-5,7-8,10-11,17,22H,2,6,9,12-16,18-20H2,1H3. The molecule has 2 aliphatic rings. The second kappa shape index (κ2) is 10.8. The summed E-state index contributed by atoms with van der Waals surface area (Å²) in [4.78, 5) is 7.62. The molecule has 2 aliphatic heterocycles. The van der Waals surface area contributed by atoms with Crippen molar-refractivity contribution in [3.63, 3.8) is 0 Å². The minimum absolute atomic E-state index is 0.239. The number of hydrogen-bond acceptors (Lipinski definition) is 6. The highest BCUT2D eigenvalue weighted by molar-refractivity contribution is 7.89. The van der Waals surface area contributed by atoms with E-state index in [9.17, 15) is 8.42 Å². The Hall–Kier alpha value is -2.30. The molecule has 2 aromatic carbocycles. The molecule has 35 heavy (non-hydrogen) atoms. The van der Waals surface area contributed by atoms with E-state index in [0.717, 1.165) is 50.4 Å². The van der Waals surface area contributed by atoms with Crippen LogP contribution in [0.2, 0.25) is 0 Å². The topological polar surface area (TPSA) is 76.9 Å². The number of imidazole rings is 1. The Morgan fingerprint density at radius 1 is 1.06 bits per heavy atom. The number of rotatable bonds is 9. The zero-order valence-corrected chi connectivity index (χ0v) is 21.1. The Labute approximate surface area is 207 Å². The maximum atomic E-state index is 13.2. The van der Waals surface area contributed by atoms with Crippen LogP contribution in [0.1, 0.15) is 31.2 Å². The van der Waals surface area contributed by atoms with Crippen LogP contribution in [0.5, 0.6) is 0 Å². The van der Waals surface area contributed by atoms with Crippen molar-refractivity contribution in [3.05, 3.63) is 59.9 Å². The molecule has 2 saturated heterocycles. The molecule has 9 heteroatoms. The van der Waals surface area contributed by atoms with Crippen LogP contribution in [0.25, 0.3) is 11.0 Å². The van der Waals surface area contributed by atoms with Crippen molar-refractivity contribution in [1.29, 1.82) is 0 Å².